The minimum absolute atomic E-state index is 0.508. The molecule has 0 saturated heterocycles. The highest BCUT2D eigenvalue weighted by atomic mass is 35.5. The summed E-state index contributed by atoms with van der Waals surface area (Å²) >= 11 is 7.18. The van der Waals surface area contributed by atoms with E-state index in [0.29, 0.717) is 16.5 Å². The third kappa shape index (κ3) is 1.99. The standard InChI is InChI=1S/C9H5ClNOS/c10-8-5-13-6-9(8)12-7-2-1-3-11-4-7/h1-4,6H. The minimum Gasteiger partial charge on any atom is -0.453 e. The average molecular weight is 211 g/mol. The van der Waals surface area contributed by atoms with Crippen molar-refractivity contribution in [3.63, 3.8) is 0 Å². The Hall–Kier alpha value is -1.06. The summed E-state index contributed by atoms with van der Waals surface area (Å²) in [7, 11) is 0. The lowest BCUT2D eigenvalue weighted by atomic mass is 10.4. The molecule has 0 saturated carbocycles. The molecule has 0 bridgehead atoms. The molecule has 0 amide bonds. The summed E-state index contributed by atoms with van der Waals surface area (Å²) in [5.41, 5.74) is 0. The van der Waals surface area contributed by atoms with Gasteiger partial charge in [0.15, 0.2) is 5.75 Å². The molecule has 2 rings (SSSR count). The van der Waals surface area contributed by atoms with Crippen LogP contribution in [0.4, 0.5) is 0 Å². The fraction of sp³-hybridized carbons (Fsp3) is 0. The largest absolute Gasteiger partial charge is 0.453 e. The van der Waals surface area contributed by atoms with Crippen LogP contribution in [-0.4, -0.2) is 4.98 Å². The van der Waals surface area contributed by atoms with Crippen LogP contribution in [0.5, 0.6) is 11.5 Å². The van der Waals surface area contributed by atoms with Crippen LogP contribution in [-0.2, 0) is 0 Å². The summed E-state index contributed by atoms with van der Waals surface area (Å²) in [6.45, 7) is 0. The van der Waals surface area contributed by atoms with Gasteiger partial charge in [0.05, 0.1) is 11.6 Å². The number of hydrogen-bond acceptors (Lipinski definition) is 3. The molecular formula is C9H5ClNOS. The molecule has 2 nitrogen and oxygen atoms in total. The number of nitrogens with zero attached hydrogens (tertiary/aromatic N) is 1. The predicted octanol–water partition coefficient (Wildman–Crippen LogP) is 3.39. The normalized spacial score (nSPS) is 9.92. The predicted molar refractivity (Wildman–Crippen MR) is 52.5 cm³/mol. The molecule has 0 aliphatic carbocycles. The second kappa shape index (κ2) is 3.77. The number of halogens is 1. The van der Waals surface area contributed by atoms with Gasteiger partial charge in [-0.05, 0) is 12.1 Å². The first-order chi connectivity index (χ1) is 6.36. The SMILES string of the molecule is Clc1[c]scc1Oc1cccnc1. The van der Waals surface area contributed by atoms with Crippen LogP contribution < -0.4 is 4.74 Å². The third-order valence-corrected chi connectivity index (χ3v) is 2.44. The zero-order chi connectivity index (χ0) is 9.10. The third-order valence-electron chi connectivity index (χ3n) is 1.39. The van der Waals surface area contributed by atoms with Gasteiger partial charge in [-0.15, -0.1) is 11.3 Å². The molecule has 0 unspecified atom stereocenters. The van der Waals surface area contributed by atoms with Crippen LogP contribution in [0.25, 0.3) is 0 Å². The smallest absolute Gasteiger partial charge is 0.157 e. The first kappa shape index (κ1) is 8.53. The van der Waals surface area contributed by atoms with Gasteiger partial charge in [0.1, 0.15) is 10.8 Å². The van der Waals surface area contributed by atoms with Crippen molar-refractivity contribution in [3.05, 3.63) is 40.3 Å². The molecule has 13 heavy (non-hydrogen) atoms. The highest BCUT2D eigenvalue weighted by molar-refractivity contribution is 7.08. The van der Waals surface area contributed by atoms with Crippen LogP contribution >= 0.6 is 22.9 Å². The Labute approximate surface area is 84.8 Å². The van der Waals surface area contributed by atoms with E-state index in [1.54, 1.807) is 23.8 Å². The van der Waals surface area contributed by atoms with Crippen LogP contribution in [0.3, 0.4) is 0 Å². The van der Waals surface area contributed by atoms with E-state index in [9.17, 15) is 0 Å². The van der Waals surface area contributed by atoms with E-state index in [-0.39, 0.29) is 0 Å². The topological polar surface area (TPSA) is 22.1 Å². The van der Waals surface area contributed by atoms with Crippen LogP contribution in [0, 0.1) is 5.38 Å². The van der Waals surface area contributed by atoms with E-state index in [2.05, 4.69) is 10.4 Å². The highest BCUT2D eigenvalue weighted by Gasteiger charge is 2.03. The number of rotatable bonds is 2. The Kier molecular flexibility index (Phi) is 2.47. The Bertz CT molecular complexity index is 388. The van der Waals surface area contributed by atoms with E-state index in [1.165, 1.54) is 11.3 Å². The van der Waals surface area contributed by atoms with E-state index >= 15 is 0 Å². The van der Waals surface area contributed by atoms with Crippen molar-refractivity contribution in [2.24, 2.45) is 0 Å². The van der Waals surface area contributed by atoms with E-state index < -0.39 is 0 Å². The maximum Gasteiger partial charge on any atom is 0.157 e. The molecule has 0 spiro atoms. The molecule has 0 fully saturated rings. The average Bonchev–Trinajstić information content (AvgIpc) is 2.54. The molecule has 0 aliphatic heterocycles. The number of aromatic nitrogens is 1. The lowest BCUT2D eigenvalue weighted by molar-refractivity contribution is 0.483. The Morgan fingerprint density at radius 3 is 3.08 bits per heavy atom. The highest BCUT2D eigenvalue weighted by Crippen LogP contribution is 2.31. The number of pyridine rings is 1. The van der Waals surface area contributed by atoms with E-state index in [0.717, 1.165) is 0 Å². The van der Waals surface area contributed by atoms with Gasteiger partial charge in [-0.3, -0.25) is 4.98 Å². The van der Waals surface area contributed by atoms with E-state index in [1.807, 2.05) is 6.07 Å². The van der Waals surface area contributed by atoms with Crippen molar-refractivity contribution >= 4 is 22.9 Å². The molecule has 2 heterocycles. The zero-order valence-electron chi connectivity index (χ0n) is 6.53. The maximum atomic E-state index is 5.80. The first-order valence-corrected chi connectivity index (χ1v) is 4.84. The maximum absolute atomic E-state index is 5.80. The summed E-state index contributed by atoms with van der Waals surface area (Å²) in [5.74, 6) is 1.30. The fourth-order valence-corrected chi connectivity index (χ4v) is 1.67. The Morgan fingerprint density at radius 1 is 1.54 bits per heavy atom. The summed E-state index contributed by atoms with van der Waals surface area (Å²) in [6.07, 6.45) is 3.32. The number of thiophene rings is 1. The van der Waals surface area contributed by atoms with Gasteiger partial charge in [0.2, 0.25) is 0 Å². The number of ether oxygens (including phenoxy) is 1. The zero-order valence-corrected chi connectivity index (χ0v) is 8.10. The van der Waals surface area contributed by atoms with Crippen molar-refractivity contribution < 1.29 is 4.74 Å². The lowest BCUT2D eigenvalue weighted by Crippen LogP contribution is -1.82. The molecule has 2 aromatic heterocycles. The minimum atomic E-state index is 0.508. The van der Waals surface area contributed by atoms with Gasteiger partial charge >= 0.3 is 0 Å². The molecule has 0 atom stereocenters. The van der Waals surface area contributed by atoms with Crippen LogP contribution in [0.15, 0.2) is 29.9 Å². The molecule has 0 aliphatic rings. The van der Waals surface area contributed by atoms with Gasteiger partial charge in [-0.25, -0.2) is 0 Å². The van der Waals surface area contributed by atoms with Crippen molar-refractivity contribution in [2.45, 2.75) is 0 Å². The number of hydrogen-bond donors (Lipinski definition) is 0. The van der Waals surface area contributed by atoms with Crippen LogP contribution in [0.1, 0.15) is 0 Å². The summed E-state index contributed by atoms with van der Waals surface area (Å²) < 4.78 is 5.43. The summed E-state index contributed by atoms with van der Waals surface area (Å²) in [6, 6.07) is 3.63. The van der Waals surface area contributed by atoms with Gasteiger partial charge in [0.25, 0.3) is 0 Å². The first-order valence-electron chi connectivity index (χ1n) is 3.59. The van der Waals surface area contributed by atoms with E-state index in [4.69, 9.17) is 16.3 Å². The van der Waals surface area contributed by atoms with Crippen molar-refractivity contribution in [1.82, 2.24) is 4.98 Å². The second-order valence-electron chi connectivity index (χ2n) is 2.31. The van der Waals surface area contributed by atoms with Crippen LogP contribution in [0.2, 0.25) is 5.02 Å². The van der Waals surface area contributed by atoms with Gasteiger partial charge in [-0.1, -0.05) is 11.6 Å². The molecule has 65 valence electrons. The van der Waals surface area contributed by atoms with Gasteiger partial charge in [-0.2, -0.15) is 0 Å². The van der Waals surface area contributed by atoms with Gasteiger partial charge < -0.3 is 4.74 Å². The second-order valence-corrected chi connectivity index (χ2v) is 3.36. The Balaban J connectivity index is 2.20. The molecular weight excluding hydrogens is 206 g/mol. The quantitative estimate of drug-likeness (QED) is 0.758. The molecule has 4 heteroatoms. The monoisotopic (exact) mass is 210 g/mol. The van der Waals surface area contributed by atoms with Crippen molar-refractivity contribution in [3.8, 4) is 11.5 Å². The molecule has 0 aromatic carbocycles. The van der Waals surface area contributed by atoms with Gasteiger partial charge in [0, 0.05) is 11.6 Å². The summed E-state index contributed by atoms with van der Waals surface area (Å²) in [4.78, 5) is 3.92. The van der Waals surface area contributed by atoms with Crippen molar-refractivity contribution in [1.29, 1.82) is 0 Å². The Morgan fingerprint density at radius 2 is 2.46 bits per heavy atom. The summed E-state index contributed by atoms with van der Waals surface area (Å²) in [5, 5.41) is 5.16. The fourth-order valence-electron chi connectivity index (χ4n) is 0.840. The van der Waals surface area contributed by atoms with Crippen molar-refractivity contribution in [2.75, 3.05) is 0 Å². The molecule has 1 radical (unpaired) electrons. The molecule has 0 N–H and O–H groups in total. The molecule has 2 aromatic rings. The lowest BCUT2D eigenvalue weighted by Gasteiger charge is -2.01.